The fraction of sp³-hybridized carbons (Fsp3) is 0.200. The minimum Gasteiger partial charge on any atom is -0.496 e. The molecule has 0 amide bonds. The van der Waals surface area contributed by atoms with Crippen molar-refractivity contribution in [3.05, 3.63) is 52.9 Å². The first-order valence-corrected chi connectivity index (χ1v) is 8.56. The first-order chi connectivity index (χ1) is 10.8. The van der Waals surface area contributed by atoms with Gasteiger partial charge in [0, 0.05) is 11.3 Å². The van der Waals surface area contributed by atoms with E-state index in [4.69, 9.17) is 9.26 Å². The van der Waals surface area contributed by atoms with Gasteiger partial charge in [-0.3, -0.25) is 0 Å². The zero-order valence-corrected chi connectivity index (χ0v) is 13.4. The van der Waals surface area contributed by atoms with E-state index in [0.717, 1.165) is 10.4 Å². The Morgan fingerprint density at radius 1 is 1.32 bits per heavy atom. The van der Waals surface area contributed by atoms with Crippen LogP contribution < -0.4 is 4.74 Å². The Labute approximate surface area is 135 Å². The molecule has 0 radical (unpaired) electrons. The normalized spacial score (nSPS) is 10.8. The number of thioether (sulfide) groups is 1. The van der Waals surface area contributed by atoms with Crippen molar-refractivity contribution in [2.75, 3.05) is 7.11 Å². The third-order valence-corrected chi connectivity index (χ3v) is 4.77. The van der Waals surface area contributed by atoms with Gasteiger partial charge in [0.25, 0.3) is 5.89 Å². The van der Waals surface area contributed by atoms with Crippen LogP contribution in [0.5, 0.6) is 5.75 Å². The maximum absolute atomic E-state index is 13.3. The molecular weight excluding hydrogens is 323 g/mol. The maximum Gasteiger partial charge on any atom is 0.268 e. The molecule has 0 fully saturated rings. The topological polar surface area (TPSA) is 48.2 Å². The summed E-state index contributed by atoms with van der Waals surface area (Å²) < 4.78 is 23.7. The number of halogens is 1. The molecular formula is C15H13FN2O2S2. The molecule has 0 aliphatic heterocycles. The molecule has 3 rings (SSSR count). The van der Waals surface area contributed by atoms with Gasteiger partial charge in [-0.2, -0.15) is 4.98 Å². The standard InChI is InChI=1S/C15H13FN2O2S2/c1-19-12-5-4-11(16)7-10(12)8-21-9-14-17-15(20-18-14)13-3-2-6-22-13/h2-7H,8-9H2,1H3. The Balaban J connectivity index is 1.61. The summed E-state index contributed by atoms with van der Waals surface area (Å²) >= 11 is 3.14. The molecule has 114 valence electrons. The van der Waals surface area contributed by atoms with Gasteiger partial charge in [0.2, 0.25) is 0 Å². The monoisotopic (exact) mass is 336 g/mol. The molecule has 3 aromatic rings. The van der Waals surface area contributed by atoms with Gasteiger partial charge in [0.05, 0.1) is 17.7 Å². The number of aromatic nitrogens is 2. The SMILES string of the molecule is COc1ccc(F)cc1CSCc1noc(-c2cccs2)n1. The first kappa shape index (κ1) is 15.1. The number of benzene rings is 1. The molecule has 0 unspecified atom stereocenters. The average molecular weight is 336 g/mol. The lowest BCUT2D eigenvalue weighted by Crippen LogP contribution is -1.92. The van der Waals surface area contributed by atoms with Gasteiger partial charge in [0.15, 0.2) is 5.82 Å². The lowest BCUT2D eigenvalue weighted by molar-refractivity contribution is 0.410. The predicted octanol–water partition coefficient (Wildman–Crippen LogP) is 4.38. The molecule has 0 bridgehead atoms. The smallest absolute Gasteiger partial charge is 0.268 e. The van der Waals surface area contributed by atoms with Gasteiger partial charge in [0.1, 0.15) is 11.6 Å². The fourth-order valence-electron chi connectivity index (χ4n) is 1.93. The van der Waals surface area contributed by atoms with Crippen molar-refractivity contribution in [3.63, 3.8) is 0 Å². The van der Waals surface area contributed by atoms with Crippen molar-refractivity contribution in [1.29, 1.82) is 0 Å². The zero-order valence-electron chi connectivity index (χ0n) is 11.8. The van der Waals surface area contributed by atoms with E-state index in [1.807, 2.05) is 17.5 Å². The highest BCUT2D eigenvalue weighted by atomic mass is 32.2. The van der Waals surface area contributed by atoms with E-state index in [9.17, 15) is 4.39 Å². The number of methoxy groups -OCH3 is 1. The van der Waals surface area contributed by atoms with Crippen molar-refractivity contribution in [2.24, 2.45) is 0 Å². The number of ether oxygens (including phenoxy) is 1. The van der Waals surface area contributed by atoms with Crippen LogP contribution in [0.25, 0.3) is 10.8 Å². The van der Waals surface area contributed by atoms with E-state index in [1.54, 1.807) is 36.3 Å². The van der Waals surface area contributed by atoms with E-state index >= 15 is 0 Å². The first-order valence-electron chi connectivity index (χ1n) is 6.53. The van der Waals surface area contributed by atoms with Crippen molar-refractivity contribution in [3.8, 4) is 16.5 Å². The summed E-state index contributed by atoms with van der Waals surface area (Å²) in [6.45, 7) is 0. The van der Waals surface area contributed by atoms with Crippen LogP contribution >= 0.6 is 23.1 Å². The Morgan fingerprint density at radius 3 is 3.00 bits per heavy atom. The molecule has 0 atom stereocenters. The lowest BCUT2D eigenvalue weighted by Gasteiger charge is -2.07. The number of rotatable bonds is 6. The molecule has 7 heteroatoms. The second-order valence-corrected chi connectivity index (χ2v) is 6.38. The third kappa shape index (κ3) is 3.48. The molecule has 1 aromatic carbocycles. The van der Waals surface area contributed by atoms with Gasteiger partial charge in [-0.25, -0.2) is 4.39 Å². The predicted molar refractivity (Wildman–Crippen MR) is 85.6 cm³/mol. The quantitative estimate of drug-likeness (QED) is 0.668. The molecule has 2 aromatic heterocycles. The van der Waals surface area contributed by atoms with Crippen LogP contribution in [-0.2, 0) is 11.5 Å². The zero-order chi connectivity index (χ0) is 15.4. The second-order valence-electron chi connectivity index (χ2n) is 4.44. The molecule has 2 heterocycles. The number of hydrogen-bond donors (Lipinski definition) is 0. The summed E-state index contributed by atoms with van der Waals surface area (Å²) in [5.41, 5.74) is 0.814. The van der Waals surface area contributed by atoms with E-state index in [-0.39, 0.29) is 5.82 Å². The van der Waals surface area contributed by atoms with E-state index in [2.05, 4.69) is 10.1 Å². The molecule has 0 saturated carbocycles. The average Bonchev–Trinajstić information content (AvgIpc) is 3.18. The highest BCUT2D eigenvalue weighted by molar-refractivity contribution is 7.97. The summed E-state index contributed by atoms with van der Waals surface area (Å²) in [6.07, 6.45) is 0. The van der Waals surface area contributed by atoms with Crippen LogP contribution in [-0.4, -0.2) is 17.3 Å². The van der Waals surface area contributed by atoms with Crippen LogP contribution in [0, 0.1) is 5.82 Å². The fourth-order valence-corrected chi connectivity index (χ4v) is 3.42. The largest absolute Gasteiger partial charge is 0.496 e. The minimum absolute atomic E-state index is 0.268. The van der Waals surface area contributed by atoms with E-state index in [1.165, 1.54) is 12.1 Å². The Morgan fingerprint density at radius 2 is 2.23 bits per heavy atom. The molecule has 22 heavy (non-hydrogen) atoms. The van der Waals surface area contributed by atoms with Gasteiger partial charge >= 0.3 is 0 Å². The van der Waals surface area contributed by atoms with Gasteiger partial charge in [-0.05, 0) is 29.6 Å². The Hall–Kier alpha value is -1.86. The number of thiophene rings is 1. The third-order valence-electron chi connectivity index (χ3n) is 2.93. The molecule has 0 aliphatic rings. The summed E-state index contributed by atoms with van der Waals surface area (Å²) in [6, 6.07) is 8.38. The van der Waals surface area contributed by atoms with Crippen molar-refractivity contribution < 1.29 is 13.7 Å². The highest BCUT2D eigenvalue weighted by Gasteiger charge is 2.10. The second kappa shape index (κ2) is 6.93. The van der Waals surface area contributed by atoms with Gasteiger partial charge < -0.3 is 9.26 Å². The summed E-state index contributed by atoms with van der Waals surface area (Å²) in [7, 11) is 1.58. The van der Waals surface area contributed by atoms with Crippen molar-refractivity contribution in [2.45, 2.75) is 11.5 Å². The molecule has 0 saturated heterocycles. The summed E-state index contributed by atoms with van der Waals surface area (Å²) in [5, 5.41) is 5.92. The van der Waals surface area contributed by atoms with Gasteiger partial charge in [-0.1, -0.05) is 11.2 Å². The van der Waals surface area contributed by atoms with Crippen LogP contribution in [0.2, 0.25) is 0 Å². The maximum atomic E-state index is 13.3. The van der Waals surface area contributed by atoms with Crippen molar-refractivity contribution >= 4 is 23.1 Å². The lowest BCUT2D eigenvalue weighted by atomic mass is 10.2. The number of hydrogen-bond acceptors (Lipinski definition) is 6. The van der Waals surface area contributed by atoms with E-state index < -0.39 is 0 Å². The van der Waals surface area contributed by atoms with Gasteiger partial charge in [-0.15, -0.1) is 23.1 Å². The Kier molecular flexibility index (Phi) is 4.74. The molecule has 0 spiro atoms. The summed E-state index contributed by atoms with van der Waals surface area (Å²) in [4.78, 5) is 5.30. The number of nitrogens with zero attached hydrogens (tertiary/aromatic N) is 2. The van der Waals surface area contributed by atoms with Crippen LogP contribution in [0.4, 0.5) is 4.39 Å². The van der Waals surface area contributed by atoms with Crippen LogP contribution in [0.1, 0.15) is 11.4 Å². The van der Waals surface area contributed by atoms with Crippen LogP contribution in [0.15, 0.2) is 40.2 Å². The summed E-state index contributed by atoms with van der Waals surface area (Å²) in [5.74, 6) is 2.79. The molecule has 0 aliphatic carbocycles. The van der Waals surface area contributed by atoms with E-state index in [0.29, 0.717) is 29.0 Å². The highest BCUT2D eigenvalue weighted by Crippen LogP contribution is 2.27. The van der Waals surface area contributed by atoms with Crippen LogP contribution in [0.3, 0.4) is 0 Å². The Bertz CT molecular complexity index is 744. The minimum atomic E-state index is -0.268. The van der Waals surface area contributed by atoms with Crippen molar-refractivity contribution in [1.82, 2.24) is 10.1 Å². The molecule has 4 nitrogen and oxygen atoms in total. The molecule has 0 N–H and O–H groups in total.